The van der Waals surface area contributed by atoms with Crippen LogP contribution in [0.1, 0.15) is 58.9 Å². The second-order valence-electron chi connectivity index (χ2n) is 7.61. The van der Waals surface area contributed by atoms with Gasteiger partial charge >= 0.3 is 7.12 Å². The fourth-order valence-electron chi connectivity index (χ4n) is 2.00. The molecule has 0 atom stereocenters. The molecule has 1 aliphatic rings. The summed E-state index contributed by atoms with van der Waals surface area (Å²) in [6, 6.07) is 2.02. The van der Waals surface area contributed by atoms with E-state index in [-0.39, 0.29) is 11.1 Å². The van der Waals surface area contributed by atoms with Crippen molar-refractivity contribution in [3.63, 3.8) is 0 Å². The Kier molecular flexibility index (Phi) is 4.15. The predicted octanol–water partition coefficient (Wildman–Crippen LogP) is 4.99. The SMILES string of the molecule is CC(C)(C)c1cc(C=C(F)B2OC(C)(C)C(C)(C)O2)cs1. The highest BCUT2D eigenvalue weighted by Crippen LogP contribution is 2.39. The minimum absolute atomic E-state index is 0.0809. The van der Waals surface area contributed by atoms with Gasteiger partial charge in [-0.05, 0) is 56.2 Å². The van der Waals surface area contributed by atoms with Crippen LogP contribution in [0.4, 0.5) is 4.39 Å². The summed E-state index contributed by atoms with van der Waals surface area (Å²) in [5, 5.41) is 1.96. The maximum atomic E-state index is 14.4. The maximum absolute atomic E-state index is 14.4. The normalized spacial score (nSPS) is 21.9. The molecule has 0 saturated carbocycles. The number of rotatable bonds is 2. The topological polar surface area (TPSA) is 18.5 Å². The molecule has 2 nitrogen and oxygen atoms in total. The van der Waals surface area contributed by atoms with E-state index in [2.05, 4.69) is 20.8 Å². The first-order chi connectivity index (χ1) is 9.42. The van der Waals surface area contributed by atoms with Gasteiger partial charge in [-0.2, -0.15) is 0 Å². The van der Waals surface area contributed by atoms with Crippen LogP contribution in [0.15, 0.2) is 17.2 Å². The zero-order valence-corrected chi connectivity index (χ0v) is 14.7. The number of hydrogen-bond donors (Lipinski definition) is 0. The van der Waals surface area contributed by atoms with E-state index in [9.17, 15) is 4.39 Å². The molecular weight excluding hydrogens is 286 g/mol. The van der Waals surface area contributed by atoms with Gasteiger partial charge in [0.2, 0.25) is 0 Å². The molecule has 1 aromatic rings. The lowest BCUT2D eigenvalue weighted by Gasteiger charge is -2.32. The molecule has 0 N–H and O–H groups in total. The lowest BCUT2D eigenvalue weighted by molar-refractivity contribution is 0.00578. The Hall–Kier alpha value is -0.645. The molecule has 2 heterocycles. The summed E-state index contributed by atoms with van der Waals surface area (Å²) < 4.78 is 25.8. The first-order valence-corrected chi connectivity index (χ1v) is 8.12. The van der Waals surface area contributed by atoms with E-state index in [4.69, 9.17) is 9.31 Å². The summed E-state index contributed by atoms with van der Waals surface area (Å²) in [6.45, 7) is 14.1. The number of hydrogen-bond acceptors (Lipinski definition) is 3. The fraction of sp³-hybridized carbons (Fsp3) is 0.625. The molecule has 0 aliphatic carbocycles. The standard InChI is InChI=1S/C16H24BFO2S/c1-14(2,3)12-8-11(10-21-12)9-13(18)17-19-15(4,5)16(6,7)20-17/h8-10H,1-7H3. The van der Waals surface area contributed by atoms with E-state index >= 15 is 0 Å². The highest BCUT2D eigenvalue weighted by molar-refractivity contribution is 7.10. The molecule has 21 heavy (non-hydrogen) atoms. The Morgan fingerprint density at radius 2 is 1.71 bits per heavy atom. The molecule has 116 valence electrons. The van der Waals surface area contributed by atoms with E-state index in [1.165, 1.54) is 11.0 Å². The zero-order valence-electron chi connectivity index (χ0n) is 13.9. The fourth-order valence-corrected chi connectivity index (χ4v) is 2.96. The van der Waals surface area contributed by atoms with Crippen molar-refractivity contribution >= 4 is 24.5 Å². The highest BCUT2D eigenvalue weighted by atomic mass is 32.1. The van der Waals surface area contributed by atoms with Crippen molar-refractivity contribution in [3.05, 3.63) is 27.6 Å². The molecule has 0 radical (unpaired) electrons. The lowest BCUT2D eigenvalue weighted by Crippen LogP contribution is -2.41. The van der Waals surface area contributed by atoms with Crippen LogP contribution in [0.3, 0.4) is 0 Å². The molecule has 0 amide bonds. The van der Waals surface area contributed by atoms with E-state index in [1.807, 2.05) is 39.1 Å². The molecule has 1 saturated heterocycles. The predicted molar refractivity (Wildman–Crippen MR) is 88.2 cm³/mol. The van der Waals surface area contributed by atoms with Gasteiger partial charge < -0.3 is 9.31 Å². The molecule has 1 aromatic heterocycles. The van der Waals surface area contributed by atoms with Crippen molar-refractivity contribution in [2.45, 2.75) is 65.1 Å². The van der Waals surface area contributed by atoms with Crippen molar-refractivity contribution in [2.75, 3.05) is 0 Å². The second kappa shape index (κ2) is 5.22. The van der Waals surface area contributed by atoms with Gasteiger partial charge in [-0.15, -0.1) is 11.3 Å². The van der Waals surface area contributed by atoms with Gasteiger partial charge in [0.05, 0.1) is 11.2 Å². The lowest BCUT2D eigenvalue weighted by atomic mass is 9.87. The number of halogens is 1. The van der Waals surface area contributed by atoms with E-state index in [0.29, 0.717) is 0 Å². The first kappa shape index (κ1) is 16.7. The van der Waals surface area contributed by atoms with Gasteiger partial charge in [-0.25, -0.2) is 4.39 Å². The van der Waals surface area contributed by atoms with Crippen LogP contribution in [-0.2, 0) is 14.7 Å². The summed E-state index contributed by atoms with van der Waals surface area (Å²) in [4.78, 5) is 1.23. The molecule has 0 unspecified atom stereocenters. The quantitative estimate of drug-likeness (QED) is 0.717. The van der Waals surface area contributed by atoms with Crippen LogP contribution in [-0.4, -0.2) is 18.3 Å². The molecule has 0 aromatic carbocycles. The van der Waals surface area contributed by atoms with Gasteiger partial charge in [0.15, 0.2) is 0 Å². The second-order valence-corrected chi connectivity index (χ2v) is 8.52. The molecule has 1 aliphatic heterocycles. The summed E-state index contributed by atoms with van der Waals surface area (Å²) in [5.41, 5.74) is -0.483. The molecule has 0 bridgehead atoms. The Labute approximate surface area is 131 Å². The van der Waals surface area contributed by atoms with Crippen LogP contribution in [0.5, 0.6) is 0 Å². The molecular formula is C16H24BFO2S. The summed E-state index contributed by atoms with van der Waals surface area (Å²) in [5.74, 6) is 0. The van der Waals surface area contributed by atoms with Gasteiger partial charge in [0, 0.05) is 4.88 Å². The average molecular weight is 310 g/mol. The van der Waals surface area contributed by atoms with Gasteiger partial charge in [0.1, 0.15) is 5.73 Å². The monoisotopic (exact) mass is 310 g/mol. The van der Waals surface area contributed by atoms with Crippen molar-refractivity contribution < 1.29 is 13.7 Å². The van der Waals surface area contributed by atoms with Crippen LogP contribution < -0.4 is 0 Å². The van der Waals surface area contributed by atoms with Crippen molar-refractivity contribution in [1.29, 1.82) is 0 Å². The highest BCUT2D eigenvalue weighted by Gasteiger charge is 2.53. The van der Waals surface area contributed by atoms with E-state index < -0.39 is 18.3 Å². The van der Waals surface area contributed by atoms with Gasteiger partial charge in [-0.3, -0.25) is 0 Å². The van der Waals surface area contributed by atoms with Crippen LogP contribution in [0, 0.1) is 0 Å². The summed E-state index contributed by atoms with van der Waals surface area (Å²) in [7, 11) is -0.923. The van der Waals surface area contributed by atoms with Gasteiger partial charge in [0.25, 0.3) is 0 Å². The molecule has 2 rings (SSSR count). The Balaban J connectivity index is 2.18. The Morgan fingerprint density at radius 3 is 2.14 bits per heavy atom. The van der Waals surface area contributed by atoms with Crippen molar-refractivity contribution in [2.24, 2.45) is 0 Å². The Bertz CT molecular complexity index is 539. The first-order valence-electron chi connectivity index (χ1n) is 7.24. The minimum Gasteiger partial charge on any atom is -0.398 e. The third kappa shape index (κ3) is 3.41. The zero-order chi connectivity index (χ0) is 16.1. The van der Waals surface area contributed by atoms with Crippen LogP contribution >= 0.6 is 11.3 Å². The largest absolute Gasteiger partial charge is 0.525 e. The van der Waals surface area contributed by atoms with Crippen molar-refractivity contribution in [1.82, 2.24) is 0 Å². The van der Waals surface area contributed by atoms with E-state index in [1.54, 1.807) is 11.3 Å². The van der Waals surface area contributed by atoms with Crippen molar-refractivity contribution in [3.8, 4) is 0 Å². The molecule has 5 heteroatoms. The number of thiophene rings is 1. The molecule has 1 fully saturated rings. The van der Waals surface area contributed by atoms with Gasteiger partial charge in [-0.1, -0.05) is 20.8 Å². The smallest absolute Gasteiger partial charge is 0.398 e. The third-order valence-electron chi connectivity index (χ3n) is 4.14. The summed E-state index contributed by atoms with van der Waals surface area (Å²) in [6.07, 6.45) is 1.51. The third-order valence-corrected chi connectivity index (χ3v) is 5.52. The van der Waals surface area contributed by atoms with Crippen LogP contribution in [0.25, 0.3) is 6.08 Å². The molecule has 0 spiro atoms. The summed E-state index contributed by atoms with van der Waals surface area (Å²) >= 11 is 1.65. The maximum Gasteiger partial charge on any atom is 0.525 e. The minimum atomic E-state index is -0.923. The average Bonchev–Trinajstić information content (AvgIpc) is 2.82. The Morgan fingerprint density at radius 1 is 1.19 bits per heavy atom. The van der Waals surface area contributed by atoms with Crippen LogP contribution in [0.2, 0.25) is 0 Å². The van der Waals surface area contributed by atoms with E-state index in [0.717, 1.165) is 5.56 Å².